The largest absolute Gasteiger partial charge is 0.478 e. The number of anilines is 6. The second kappa shape index (κ2) is 35.6. The van der Waals surface area contributed by atoms with Crippen LogP contribution in [0.15, 0.2) is 303 Å². The quantitative estimate of drug-likeness (QED) is 0.157. The van der Waals surface area contributed by atoms with E-state index in [4.69, 9.17) is 47.4 Å². The summed E-state index contributed by atoms with van der Waals surface area (Å²) in [5, 5.41) is 12.5. The SMILES string of the molecule is CN1COc2ccc3c4c(ccc3c2C1)OCN(C)C4.CN1COc2ccc3ccc4c(c3c2C1)CN(C)CO4.c1ccc(N2COc3c(ccc4c5c(ccc34)OCN(c3ccccc3)C5)C2)cc1.c1ccc(N2COc3ccc4c5c(ccc4c3C2)OCN(c2ccccc2)C5)cc1.c1ccc(N2COc3ccc4ccc5c(c4c3C2)CN(c2ccccc2)CO5)cc1. The van der Waals surface area contributed by atoms with Gasteiger partial charge in [-0.25, -0.2) is 0 Å². The molecule has 0 radical (unpaired) electrons. The van der Waals surface area contributed by atoms with Crippen LogP contribution in [0.5, 0.6) is 57.5 Å². The summed E-state index contributed by atoms with van der Waals surface area (Å²) in [4.78, 5) is 22.4. The maximum absolute atomic E-state index is 6.28. The van der Waals surface area contributed by atoms with E-state index in [0.717, 1.165) is 128 Å². The van der Waals surface area contributed by atoms with E-state index in [0.29, 0.717) is 67.3 Å². The van der Waals surface area contributed by atoms with Gasteiger partial charge in [-0.05, 0) is 210 Å². The molecule has 26 rings (SSSR count). The summed E-state index contributed by atoms with van der Waals surface area (Å²) in [7, 11) is 8.33. The molecular formula is C110H102N10O10. The Morgan fingerprint density at radius 3 is 0.662 bits per heavy atom. The molecule has 0 spiro atoms. The molecule has 10 aliphatic rings. The van der Waals surface area contributed by atoms with Crippen LogP contribution in [-0.4, -0.2) is 115 Å². The number of para-hydroxylation sites is 6. The predicted octanol–water partition coefficient (Wildman–Crippen LogP) is 21.5. The van der Waals surface area contributed by atoms with Crippen LogP contribution in [0.1, 0.15) is 55.6 Å². The Hall–Kier alpha value is -14.5. The third-order valence-corrected chi connectivity index (χ3v) is 26.2. The number of hydrogen-bond donors (Lipinski definition) is 0. The molecule has 0 bridgehead atoms. The van der Waals surface area contributed by atoms with Crippen LogP contribution in [0, 0.1) is 0 Å². The molecule has 0 atom stereocenters. The van der Waals surface area contributed by atoms with Crippen LogP contribution >= 0.6 is 0 Å². The first-order valence-corrected chi connectivity index (χ1v) is 44.7. The number of nitrogens with zero attached hydrogens (tertiary/aromatic N) is 10. The smallest absolute Gasteiger partial charge is 0.161 e. The number of ether oxygens (including phenoxy) is 10. The third-order valence-electron chi connectivity index (χ3n) is 26.2. The monoisotopic (exact) mass is 1720 g/mol. The zero-order valence-electron chi connectivity index (χ0n) is 73.6. The summed E-state index contributed by atoms with van der Waals surface area (Å²) >= 11 is 0. The van der Waals surface area contributed by atoms with Gasteiger partial charge in [-0.2, -0.15) is 0 Å². The lowest BCUT2D eigenvalue weighted by atomic mass is 9.95. The molecule has 16 aromatic carbocycles. The highest BCUT2D eigenvalue weighted by atomic mass is 16.5. The van der Waals surface area contributed by atoms with E-state index >= 15 is 0 Å². The summed E-state index contributed by atoms with van der Waals surface area (Å²) in [6.45, 7) is 14.7. The van der Waals surface area contributed by atoms with Crippen molar-refractivity contribution in [1.29, 1.82) is 0 Å². The van der Waals surface area contributed by atoms with Crippen molar-refractivity contribution in [2.24, 2.45) is 0 Å². The summed E-state index contributed by atoms with van der Waals surface area (Å²) in [5.41, 5.74) is 19.6. The molecule has 130 heavy (non-hydrogen) atoms. The summed E-state index contributed by atoms with van der Waals surface area (Å²) in [5.74, 6) is 9.92. The molecule has 0 aromatic heterocycles. The molecule has 0 fully saturated rings. The topological polar surface area (TPSA) is 125 Å². The van der Waals surface area contributed by atoms with Gasteiger partial charge in [0, 0.05) is 128 Å². The molecule has 10 heterocycles. The molecule has 0 saturated carbocycles. The van der Waals surface area contributed by atoms with E-state index in [2.05, 4.69) is 344 Å². The van der Waals surface area contributed by atoms with Crippen molar-refractivity contribution >= 4 is 88.0 Å². The van der Waals surface area contributed by atoms with Crippen molar-refractivity contribution in [2.45, 2.75) is 65.4 Å². The van der Waals surface area contributed by atoms with Crippen LogP contribution in [0.2, 0.25) is 0 Å². The van der Waals surface area contributed by atoms with Crippen LogP contribution in [0.4, 0.5) is 34.1 Å². The van der Waals surface area contributed by atoms with E-state index in [1.807, 2.05) is 36.4 Å². The molecule has 20 heteroatoms. The van der Waals surface area contributed by atoms with Crippen LogP contribution in [0.25, 0.3) is 53.9 Å². The minimum absolute atomic E-state index is 0.555. The average Bonchev–Trinajstić information content (AvgIpc) is 0.746. The standard InChI is InChI=1S/3C26H22N2O2.2C16H18N2O2/c1-3-7-19(8-4-1)27-15-23-21-11-14-26-24(22(21)12-13-25(23)29-17-27)16-28(18-30-26)20-9-5-2-6-10-20;1-3-7-20(8-4-1)27-15-22-24(29-17-27)13-11-19-12-14-25-23(26(19)22)16-28(18-30-25)21-9-5-2-6-10-21;1-3-7-20(8-4-1)27-15-19-11-12-22-23(26(19)30-18-27)13-14-25-24(22)16-28(17-29-25)21-9-5-2-6-10-21;1-17-7-13-11-3-6-16-14(8-18(2)10-20-16)12(11)4-5-15(13)19-9-17;1-17-7-12-14(19-9-17)5-3-11-4-6-15-13(16(11)12)8-18(2)10-20-15/h3*1-14H,15-18H2;2*3-6H,7-10H2,1-2H3. The van der Waals surface area contributed by atoms with Crippen molar-refractivity contribution in [3.8, 4) is 57.5 Å². The maximum Gasteiger partial charge on any atom is 0.161 e. The number of benzene rings is 16. The molecule has 0 unspecified atom stereocenters. The number of rotatable bonds is 6. The highest BCUT2D eigenvalue weighted by Gasteiger charge is 2.32. The van der Waals surface area contributed by atoms with E-state index in [1.54, 1.807) is 0 Å². The molecule has 20 nitrogen and oxygen atoms in total. The fraction of sp³-hybridized carbons (Fsp3) is 0.218. The third kappa shape index (κ3) is 16.2. The first kappa shape index (κ1) is 81.2. The fourth-order valence-corrected chi connectivity index (χ4v) is 19.6. The second-order valence-electron chi connectivity index (χ2n) is 34.9. The highest BCUT2D eigenvalue weighted by Crippen LogP contribution is 2.48. The van der Waals surface area contributed by atoms with Gasteiger partial charge in [-0.3, -0.25) is 19.6 Å². The first-order chi connectivity index (χ1) is 64.0. The first-order valence-electron chi connectivity index (χ1n) is 44.7. The summed E-state index contributed by atoms with van der Waals surface area (Å²) in [6.07, 6.45) is 0. The van der Waals surface area contributed by atoms with Gasteiger partial charge in [-0.15, -0.1) is 0 Å². The molecule has 0 saturated heterocycles. The molecule has 0 aliphatic carbocycles. The zero-order valence-corrected chi connectivity index (χ0v) is 73.6. The van der Waals surface area contributed by atoms with Gasteiger partial charge in [0.15, 0.2) is 40.4 Å². The Bertz CT molecular complexity index is 6570. The summed E-state index contributed by atoms with van der Waals surface area (Å²) < 4.78 is 60.2. The minimum atomic E-state index is 0.555. The molecule has 10 aliphatic heterocycles. The average molecular weight is 1720 g/mol. The van der Waals surface area contributed by atoms with Gasteiger partial charge in [0.05, 0.1) is 32.7 Å². The lowest BCUT2D eigenvalue weighted by Crippen LogP contribution is -2.33. The molecule has 0 amide bonds. The van der Waals surface area contributed by atoms with Crippen molar-refractivity contribution < 1.29 is 47.4 Å². The van der Waals surface area contributed by atoms with E-state index < -0.39 is 0 Å². The Morgan fingerprint density at radius 2 is 0.369 bits per heavy atom. The van der Waals surface area contributed by atoms with Gasteiger partial charge in [0.1, 0.15) is 84.4 Å². The number of hydrogen-bond acceptors (Lipinski definition) is 20. The zero-order chi connectivity index (χ0) is 87.1. The van der Waals surface area contributed by atoms with Gasteiger partial charge >= 0.3 is 0 Å². The van der Waals surface area contributed by atoms with Gasteiger partial charge in [-0.1, -0.05) is 170 Å². The van der Waals surface area contributed by atoms with E-state index in [-0.39, 0.29) is 0 Å². The van der Waals surface area contributed by atoms with Crippen LogP contribution in [0.3, 0.4) is 0 Å². The predicted molar refractivity (Wildman–Crippen MR) is 516 cm³/mol. The van der Waals surface area contributed by atoms with Crippen molar-refractivity contribution in [1.82, 2.24) is 19.6 Å². The van der Waals surface area contributed by atoms with Crippen LogP contribution in [-0.2, 0) is 65.4 Å². The van der Waals surface area contributed by atoms with Gasteiger partial charge in [0.25, 0.3) is 0 Å². The van der Waals surface area contributed by atoms with E-state index in [9.17, 15) is 0 Å². The van der Waals surface area contributed by atoms with E-state index in [1.165, 1.54) is 138 Å². The number of fused-ring (bicyclic) bond motifs is 25. The molecule has 652 valence electrons. The Balaban J connectivity index is 0.0000000964. The fourth-order valence-electron chi connectivity index (χ4n) is 19.6. The minimum Gasteiger partial charge on any atom is -0.478 e. The van der Waals surface area contributed by atoms with Crippen molar-refractivity contribution in [3.63, 3.8) is 0 Å². The van der Waals surface area contributed by atoms with Gasteiger partial charge < -0.3 is 76.8 Å². The van der Waals surface area contributed by atoms with Gasteiger partial charge in [0.2, 0.25) is 0 Å². The lowest BCUT2D eigenvalue weighted by molar-refractivity contribution is 0.119. The normalized spacial score (nSPS) is 16.4. The molecular weight excluding hydrogens is 1620 g/mol. The Labute approximate surface area is 757 Å². The Morgan fingerprint density at radius 1 is 0.169 bits per heavy atom. The maximum atomic E-state index is 6.28. The molecule has 0 N–H and O–H groups in total. The molecule has 16 aromatic rings. The van der Waals surface area contributed by atoms with Crippen molar-refractivity contribution in [3.05, 3.63) is 359 Å². The van der Waals surface area contributed by atoms with Crippen LogP contribution < -0.4 is 76.8 Å². The Kier molecular flexibility index (Phi) is 22.2. The second-order valence-corrected chi connectivity index (χ2v) is 34.9. The lowest BCUT2D eigenvalue weighted by Gasteiger charge is -2.35. The van der Waals surface area contributed by atoms with Crippen molar-refractivity contribution in [2.75, 3.05) is 125 Å². The highest BCUT2D eigenvalue weighted by molar-refractivity contribution is 5.98. The summed E-state index contributed by atoms with van der Waals surface area (Å²) in [6, 6.07) is 105.